The van der Waals surface area contributed by atoms with Crippen LogP contribution in [-0.2, 0) is 6.42 Å². The van der Waals surface area contributed by atoms with Crippen LogP contribution in [0.3, 0.4) is 0 Å². The Labute approximate surface area is 127 Å². The molecule has 0 aliphatic rings. The van der Waals surface area contributed by atoms with Crippen molar-refractivity contribution in [2.24, 2.45) is 5.73 Å². The first-order chi connectivity index (χ1) is 9.95. The van der Waals surface area contributed by atoms with Gasteiger partial charge in [-0.2, -0.15) is 0 Å². The zero-order chi connectivity index (χ0) is 15.4. The molecule has 112 valence electrons. The highest BCUT2D eigenvalue weighted by Crippen LogP contribution is 2.20. The van der Waals surface area contributed by atoms with Gasteiger partial charge in [0.1, 0.15) is 23.5 Å². The van der Waals surface area contributed by atoms with Gasteiger partial charge in [0.15, 0.2) is 0 Å². The van der Waals surface area contributed by atoms with Crippen molar-refractivity contribution in [2.45, 2.75) is 25.5 Å². The minimum Gasteiger partial charge on any atom is -0.489 e. The molecule has 0 aliphatic carbocycles. The van der Waals surface area contributed by atoms with Gasteiger partial charge in [0.25, 0.3) is 0 Å². The van der Waals surface area contributed by atoms with Crippen molar-refractivity contribution in [2.75, 3.05) is 0 Å². The summed E-state index contributed by atoms with van der Waals surface area (Å²) in [5.41, 5.74) is 6.25. The minimum atomic E-state index is -0.484. The standard InChI is InChI=1S/C16H16ClF2NO/c1-10(21-14-4-2-3-12(17)9-14)16(20)8-11-7-13(18)5-6-15(11)19/h2-7,9-10,16H,8,20H2,1H3. The molecule has 2 aromatic rings. The molecule has 2 aromatic carbocycles. The summed E-state index contributed by atoms with van der Waals surface area (Å²) in [7, 11) is 0. The molecule has 0 fully saturated rings. The zero-order valence-electron chi connectivity index (χ0n) is 11.5. The second-order valence-electron chi connectivity index (χ2n) is 4.88. The fourth-order valence-corrected chi connectivity index (χ4v) is 2.14. The Hall–Kier alpha value is -1.65. The lowest BCUT2D eigenvalue weighted by Crippen LogP contribution is -2.38. The first-order valence-electron chi connectivity index (χ1n) is 6.57. The molecule has 0 saturated heterocycles. The Balaban J connectivity index is 2.02. The van der Waals surface area contributed by atoms with Gasteiger partial charge in [-0.15, -0.1) is 0 Å². The van der Waals surface area contributed by atoms with Crippen molar-refractivity contribution in [3.8, 4) is 5.75 Å². The van der Waals surface area contributed by atoms with Gasteiger partial charge in [0.2, 0.25) is 0 Å². The highest BCUT2D eigenvalue weighted by atomic mass is 35.5. The van der Waals surface area contributed by atoms with Gasteiger partial charge < -0.3 is 10.5 Å². The molecular weight excluding hydrogens is 296 g/mol. The summed E-state index contributed by atoms with van der Waals surface area (Å²) >= 11 is 5.87. The van der Waals surface area contributed by atoms with Crippen LogP contribution in [0.2, 0.25) is 5.02 Å². The molecule has 0 heterocycles. The van der Waals surface area contributed by atoms with Crippen LogP contribution in [0.5, 0.6) is 5.75 Å². The van der Waals surface area contributed by atoms with Crippen molar-refractivity contribution in [3.05, 3.63) is 64.7 Å². The Morgan fingerprint density at radius 1 is 1.19 bits per heavy atom. The maximum atomic E-state index is 13.6. The van der Waals surface area contributed by atoms with Crippen molar-refractivity contribution in [1.29, 1.82) is 0 Å². The van der Waals surface area contributed by atoms with E-state index in [1.54, 1.807) is 31.2 Å². The number of benzene rings is 2. The number of hydrogen-bond acceptors (Lipinski definition) is 2. The van der Waals surface area contributed by atoms with Crippen molar-refractivity contribution >= 4 is 11.6 Å². The van der Waals surface area contributed by atoms with Crippen LogP contribution in [0.25, 0.3) is 0 Å². The third kappa shape index (κ3) is 4.41. The molecular formula is C16H16ClF2NO. The number of ether oxygens (including phenoxy) is 1. The van der Waals surface area contributed by atoms with Gasteiger partial charge in [0.05, 0.1) is 0 Å². The maximum absolute atomic E-state index is 13.6. The smallest absolute Gasteiger partial charge is 0.126 e. The molecule has 2 rings (SSSR count). The molecule has 21 heavy (non-hydrogen) atoms. The van der Waals surface area contributed by atoms with Crippen LogP contribution in [0.4, 0.5) is 8.78 Å². The van der Waals surface area contributed by atoms with E-state index in [9.17, 15) is 8.78 Å². The second-order valence-corrected chi connectivity index (χ2v) is 5.32. The van der Waals surface area contributed by atoms with Crippen LogP contribution in [0.1, 0.15) is 12.5 Å². The van der Waals surface area contributed by atoms with Gasteiger partial charge in [-0.25, -0.2) is 8.78 Å². The fraction of sp³-hybridized carbons (Fsp3) is 0.250. The molecule has 5 heteroatoms. The average molecular weight is 312 g/mol. The largest absolute Gasteiger partial charge is 0.489 e. The predicted molar refractivity (Wildman–Crippen MR) is 79.6 cm³/mol. The van der Waals surface area contributed by atoms with Crippen LogP contribution in [-0.4, -0.2) is 12.1 Å². The van der Waals surface area contributed by atoms with E-state index in [0.717, 1.165) is 18.2 Å². The monoisotopic (exact) mass is 311 g/mol. The fourth-order valence-electron chi connectivity index (χ4n) is 1.96. The molecule has 2 unspecified atom stereocenters. The normalized spacial score (nSPS) is 13.8. The molecule has 0 bridgehead atoms. The number of hydrogen-bond donors (Lipinski definition) is 1. The highest BCUT2D eigenvalue weighted by molar-refractivity contribution is 6.30. The molecule has 0 amide bonds. The van der Waals surface area contributed by atoms with Crippen LogP contribution in [0.15, 0.2) is 42.5 Å². The lowest BCUT2D eigenvalue weighted by atomic mass is 10.0. The Kier molecular flexibility index (Phi) is 5.15. The lowest BCUT2D eigenvalue weighted by molar-refractivity contribution is 0.188. The molecule has 2 N–H and O–H groups in total. The van der Waals surface area contributed by atoms with E-state index in [2.05, 4.69) is 0 Å². The molecule has 2 nitrogen and oxygen atoms in total. The van der Waals surface area contributed by atoms with Crippen LogP contribution in [0, 0.1) is 11.6 Å². The van der Waals surface area contributed by atoms with E-state index in [0.29, 0.717) is 10.8 Å². The quantitative estimate of drug-likeness (QED) is 0.907. The van der Waals surface area contributed by atoms with E-state index in [4.69, 9.17) is 22.1 Å². The predicted octanol–water partition coefficient (Wildman–Crippen LogP) is 3.96. The first kappa shape index (κ1) is 15.7. The SMILES string of the molecule is CC(Oc1cccc(Cl)c1)C(N)Cc1cc(F)ccc1F. The summed E-state index contributed by atoms with van der Waals surface area (Å²) in [6.45, 7) is 1.78. The van der Waals surface area contributed by atoms with Crippen molar-refractivity contribution in [3.63, 3.8) is 0 Å². The number of halogens is 3. The molecule has 0 aliphatic heterocycles. The molecule has 2 atom stereocenters. The average Bonchev–Trinajstić information content (AvgIpc) is 2.43. The molecule has 0 spiro atoms. The van der Waals surface area contributed by atoms with Crippen molar-refractivity contribution in [1.82, 2.24) is 0 Å². The van der Waals surface area contributed by atoms with E-state index in [1.165, 1.54) is 0 Å². The van der Waals surface area contributed by atoms with Gasteiger partial charge >= 0.3 is 0 Å². The summed E-state index contributed by atoms with van der Waals surface area (Å²) in [5.74, 6) is -0.367. The van der Waals surface area contributed by atoms with Crippen LogP contribution >= 0.6 is 11.6 Å². The lowest BCUT2D eigenvalue weighted by Gasteiger charge is -2.22. The van der Waals surface area contributed by atoms with E-state index >= 15 is 0 Å². The molecule has 0 saturated carbocycles. The molecule has 0 radical (unpaired) electrons. The summed E-state index contributed by atoms with van der Waals surface area (Å²) in [5, 5.41) is 0.560. The summed E-state index contributed by atoms with van der Waals surface area (Å²) in [4.78, 5) is 0. The minimum absolute atomic E-state index is 0.186. The third-order valence-corrected chi connectivity index (χ3v) is 3.42. The summed E-state index contributed by atoms with van der Waals surface area (Å²) in [6, 6.07) is 9.80. The zero-order valence-corrected chi connectivity index (χ0v) is 12.3. The van der Waals surface area contributed by atoms with E-state index in [1.807, 2.05) is 0 Å². The van der Waals surface area contributed by atoms with Crippen molar-refractivity contribution < 1.29 is 13.5 Å². The Bertz CT molecular complexity index is 621. The van der Waals surface area contributed by atoms with Crippen LogP contribution < -0.4 is 10.5 Å². The highest BCUT2D eigenvalue weighted by Gasteiger charge is 2.17. The first-order valence-corrected chi connectivity index (χ1v) is 6.95. The van der Waals surface area contributed by atoms with Gasteiger partial charge in [-0.3, -0.25) is 0 Å². The van der Waals surface area contributed by atoms with E-state index in [-0.39, 0.29) is 18.1 Å². The molecule has 0 aromatic heterocycles. The topological polar surface area (TPSA) is 35.2 Å². The second kappa shape index (κ2) is 6.87. The Morgan fingerprint density at radius 2 is 1.95 bits per heavy atom. The number of rotatable bonds is 5. The Morgan fingerprint density at radius 3 is 2.67 bits per heavy atom. The van der Waals surface area contributed by atoms with E-state index < -0.39 is 17.7 Å². The van der Waals surface area contributed by atoms with Gasteiger partial charge in [0, 0.05) is 11.1 Å². The van der Waals surface area contributed by atoms with Gasteiger partial charge in [-0.1, -0.05) is 17.7 Å². The van der Waals surface area contributed by atoms with Gasteiger partial charge in [-0.05, 0) is 55.3 Å². The number of nitrogens with two attached hydrogens (primary N) is 1. The summed E-state index contributed by atoms with van der Waals surface area (Å²) in [6.07, 6.45) is -0.183. The third-order valence-electron chi connectivity index (χ3n) is 3.18. The summed E-state index contributed by atoms with van der Waals surface area (Å²) < 4.78 is 32.4. The maximum Gasteiger partial charge on any atom is 0.126 e.